The van der Waals surface area contributed by atoms with Crippen LogP contribution >= 0.6 is 0 Å². The van der Waals surface area contributed by atoms with Crippen LogP contribution in [0.25, 0.3) is 76.5 Å². The van der Waals surface area contributed by atoms with Crippen molar-refractivity contribution in [2.45, 2.75) is 52.4 Å². The minimum Gasteiger partial charge on any atom is -0.0616 e. The smallest absolute Gasteiger partial charge is 0.00260 e. The normalized spacial score (nSPS) is 12.4. The van der Waals surface area contributed by atoms with Crippen molar-refractivity contribution >= 4 is 43.1 Å². The summed E-state index contributed by atoms with van der Waals surface area (Å²) in [5, 5.41) is 10.3. The van der Waals surface area contributed by atoms with Crippen molar-refractivity contribution in [2.24, 2.45) is 0 Å². The van der Waals surface area contributed by atoms with Gasteiger partial charge in [0.05, 0.1) is 0 Å². The van der Waals surface area contributed by atoms with Crippen LogP contribution < -0.4 is 0 Å². The maximum absolute atomic E-state index is 2.46. The van der Waals surface area contributed by atoms with E-state index in [4.69, 9.17) is 0 Å². The Bertz CT molecular complexity index is 2490. The summed E-state index contributed by atoms with van der Waals surface area (Å²) in [4.78, 5) is 0. The number of rotatable bonds is 3. The molecule has 0 nitrogen and oxygen atoms in total. The van der Waals surface area contributed by atoms with Gasteiger partial charge in [-0.25, -0.2) is 0 Å². The molecule has 0 atom stereocenters. The van der Waals surface area contributed by atoms with Gasteiger partial charge in [-0.1, -0.05) is 169 Å². The lowest BCUT2D eigenvalue weighted by atomic mass is 9.79. The van der Waals surface area contributed by atoms with E-state index >= 15 is 0 Å². The average molecular weight is 619 g/mol. The van der Waals surface area contributed by atoms with Crippen LogP contribution in [0.3, 0.4) is 0 Å². The van der Waals surface area contributed by atoms with E-state index in [2.05, 4.69) is 187 Å². The highest BCUT2D eigenvalue weighted by Gasteiger charge is 2.23. The summed E-state index contributed by atoms with van der Waals surface area (Å²) in [6.45, 7) is 13.9. The highest BCUT2D eigenvalue weighted by atomic mass is 14.3. The Labute approximate surface area is 284 Å². The Balaban J connectivity index is 1.45. The molecule has 8 aromatic rings. The van der Waals surface area contributed by atoms with Crippen molar-refractivity contribution in [1.29, 1.82) is 0 Å². The first-order valence-electron chi connectivity index (χ1n) is 17.2. The lowest BCUT2D eigenvalue weighted by Gasteiger charge is -2.25. The first kappa shape index (κ1) is 30.2. The molecule has 0 saturated carbocycles. The number of hydrogen-bond acceptors (Lipinski definition) is 0. The Morgan fingerprint density at radius 2 is 0.812 bits per heavy atom. The van der Waals surface area contributed by atoms with E-state index < -0.39 is 0 Å². The third-order valence-electron chi connectivity index (χ3n) is 10.2. The standard InChI is InChI=1S/C48H42/c1-47(2,3)37-25-27-42-43(29-37)45(34-21-19-33(20-22-34)40-17-11-15-32-13-9-10-16-39(32)40)41-26-24-38(48(4,5)6)30-44(41)46(42)36-23-18-31-12-7-8-14-35(31)28-36/h7-30H,1-6H3. The molecule has 0 spiro atoms. The van der Waals surface area contributed by atoms with E-state index in [1.54, 1.807) is 0 Å². The monoisotopic (exact) mass is 618 g/mol. The van der Waals surface area contributed by atoms with Gasteiger partial charge >= 0.3 is 0 Å². The first-order valence-corrected chi connectivity index (χ1v) is 17.2. The van der Waals surface area contributed by atoms with Gasteiger partial charge in [0.2, 0.25) is 0 Å². The minimum absolute atomic E-state index is 0.0256. The second kappa shape index (κ2) is 11.2. The van der Waals surface area contributed by atoms with Crippen molar-refractivity contribution in [2.75, 3.05) is 0 Å². The van der Waals surface area contributed by atoms with E-state index in [1.165, 1.54) is 87.6 Å². The second-order valence-corrected chi connectivity index (χ2v) is 15.4. The van der Waals surface area contributed by atoms with Crippen LogP contribution in [0.2, 0.25) is 0 Å². The predicted octanol–water partition coefficient (Wildman–Crippen LogP) is 13.9. The summed E-state index contributed by atoms with van der Waals surface area (Å²) >= 11 is 0. The van der Waals surface area contributed by atoms with Crippen molar-refractivity contribution in [3.8, 4) is 33.4 Å². The van der Waals surface area contributed by atoms with Crippen LogP contribution in [0.4, 0.5) is 0 Å². The van der Waals surface area contributed by atoms with Crippen molar-refractivity contribution < 1.29 is 0 Å². The molecule has 0 N–H and O–H groups in total. The zero-order valence-electron chi connectivity index (χ0n) is 28.9. The van der Waals surface area contributed by atoms with Gasteiger partial charge in [0, 0.05) is 0 Å². The number of fused-ring (bicyclic) bond motifs is 4. The molecule has 0 bridgehead atoms. The number of hydrogen-bond donors (Lipinski definition) is 0. The fourth-order valence-electron chi connectivity index (χ4n) is 7.42. The molecule has 0 aliphatic heterocycles. The summed E-state index contributed by atoms with van der Waals surface area (Å²) in [5.74, 6) is 0. The Hall–Kier alpha value is -5.20. The largest absolute Gasteiger partial charge is 0.0616 e. The molecule has 234 valence electrons. The fraction of sp³-hybridized carbons (Fsp3) is 0.167. The lowest BCUT2D eigenvalue weighted by molar-refractivity contribution is 0.590. The van der Waals surface area contributed by atoms with Crippen molar-refractivity contribution in [3.05, 3.63) is 157 Å². The fourth-order valence-corrected chi connectivity index (χ4v) is 7.42. The predicted molar refractivity (Wildman–Crippen MR) is 210 cm³/mol. The Kier molecular flexibility index (Phi) is 7.04. The molecular formula is C48H42. The minimum atomic E-state index is 0.0256. The molecule has 0 aromatic heterocycles. The van der Waals surface area contributed by atoms with Gasteiger partial charge in [0.15, 0.2) is 0 Å². The highest BCUT2D eigenvalue weighted by Crippen LogP contribution is 2.46. The van der Waals surface area contributed by atoms with Gasteiger partial charge in [-0.05, 0) is 117 Å². The van der Waals surface area contributed by atoms with Crippen LogP contribution in [0, 0.1) is 0 Å². The molecule has 8 aromatic carbocycles. The lowest BCUT2D eigenvalue weighted by Crippen LogP contribution is -2.11. The Morgan fingerprint density at radius 1 is 0.312 bits per heavy atom. The molecule has 0 saturated heterocycles. The third-order valence-corrected chi connectivity index (χ3v) is 10.2. The zero-order valence-corrected chi connectivity index (χ0v) is 28.9. The van der Waals surface area contributed by atoms with Gasteiger partial charge in [-0.2, -0.15) is 0 Å². The SMILES string of the molecule is CC(C)(C)c1ccc2c(-c3ccc4ccccc4c3)c3cc(C(C)(C)C)ccc3c(-c3ccc(-c4cccc5ccccc45)cc3)c2c1. The zero-order chi connectivity index (χ0) is 33.2. The average Bonchev–Trinajstić information content (AvgIpc) is 3.09. The van der Waals surface area contributed by atoms with E-state index in [0.717, 1.165) is 0 Å². The van der Waals surface area contributed by atoms with Crippen LogP contribution in [-0.4, -0.2) is 0 Å². The van der Waals surface area contributed by atoms with Gasteiger partial charge < -0.3 is 0 Å². The van der Waals surface area contributed by atoms with Gasteiger partial charge in [-0.3, -0.25) is 0 Å². The molecule has 48 heavy (non-hydrogen) atoms. The summed E-state index contributed by atoms with van der Waals surface area (Å²) in [6, 6.07) is 54.6. The molecule has 0 amide bonds. The first-order chi connectivity index (χ1) is 23.1. The molecule has 0 heteroatoms. The Morgan fingerprint density at radius 3 is 1.44 bits per heavy atom. The summed E-state index contributed by atoms with van der Waals surface area (Å²) in [6.07, 6.45) is 0. The van der Waals surface area contributed by atoms with Crippen LogP contribution in [0.15, 0.2) is 146 Å². The molecule has 0 aliphatic carbocycles. The van der Waals surface area contributed by atoms with Gasteiger partial charge in [0.25, 0.3) is 0 Å². The molecule has 0 unspecified atom stereocenters. The maximum Gasteiger partial charge on any atom is -0.00260 e. The van der Waals surface area contributed by atoms with Gasteiger partial charge in [0.1, 0.15) is 0 Å². The van der Waals surface area contributed by atoms with E-state index in [0.29, 0.717) is 0 Å². The summed E-state index contributed by atoms with van der Waals surface area (Å²) in [7, 11) is 0. The highest BCUT2D eigenvalue weighted by molar-refractivity contribution is 6.22. The topological polar surface area (TPSA) is 0 Å². The molecule has 0 fully saturated rings. The van der Waals surface area contributed by atoms with E-state index in [1.807, 2.05) is 0 Å². The van der Waals surface area contributed by atoms with Crippen LogP contribution in [0.5, 0.6) is 0 Å². The summed E-state index contributed by atoms with van der Waals surface area (Å²) in [5.41, 5.74) is 10.4. The van der Waals surface area contributed by atoms with E-state index in [-0.39, 0.29) is 10.8 Å². The molecular weight excluding hydrogens is 577 g/mol. The van der Waals surface area contributed by atoms with Crippen LogP contribution in [-0.2, 0) is 10.8 Å². The summed E-state index contributed by atoms with van der Waals surface area (Å²) < 4.78 is 0. The van der Waals surface area contributed by atoms with E-state index in [9.17, 15) is 0 Å². The molecule has 0 aliphatic rings. The maximum atomic E-state index is 2.46. The molecule has 8 rings (SSSR count). The number of benzene rings is 8. The second-order valence-electron chi connectivity index (χ2n) is 15.4. The molecule has 0 heterocycles. The van der Waals surface area contributed by atoms with Gasteiger partial charge in [-0.15, -0.1) is 0 Å². The quantitative estimate of drug-likeness (QED) is 0.173. The van der Waals surface area contributed by atoms with Crippen molar-refractivity contribution in [1.82, 2.24) is 0 Å². The molecule has 0 radical (unpaired) electrons. The third kappa shape index (κ3) is 5.17. The van der Waals surface area contributed by atoms with Crippen molar-refractivity contribution in [3.63, 3.8) is 0 Å². The van der Waals surface area contributed by atoms with Crippen LogP contribution in [0.1, 0.15) is 52.7 Å².